The molecule has 0 spiro atoms. The van der Waals surface area contributed by atoms with Gasteiger partial charge in [0, 0.05) is 25.2 Å². The summed E-state index contributed by atoms with van der Waals surface area (Å²) in [4.78, 5) is 24.1. The average molecular weight is 272 g/mol. The van der Waals surface area contributed by atoms with Gasteiger partial charge in [0.1, 0.15) is 0 Å². The Bertz CT molecular complexity index is 573. The number of aliphatic carboxylic acids is 1. The molecule has 0 aromatic heterocycles. The smallest absolute Gasteiger partial charge is 0.328 e. The molecule has 0 heterocycles. The normalized spacial score (nSPS) is 11.8. The third kappa shape index (κ3) is 4.58. The molecule has 1 rings (SSSR count). The van der Waals surface area contributed by atoms with Gasteiger partial charge in [0.15, 0.2) is 0 Å². The van der Waals surface area contributed by atoms with Gasteiger partial charge < -0.3 is 10.0 Å². The number of amides is 1. The second-order valence-electron chi connectivity index (χ2n) is 4.51. The summed E-state index contributed by atoms with van der Waals surface area (Å²) in [5.74, 6) is -1.47. The van der Waals surface area contributed by atoms with E-state index in [1.807, 2.05) is 0 Å². The van der Waals surface area contributed by atoms with Crippen LogP contribution in [0.4, 0.5) is 0 Å². The van der Waals surface area contributed by atoms with Crippen LogP contribution in [-0.2, 0) is 4.79 Å². The minimum absolute atomic E-state index is 0.197. The van der Waals surface area contributed by atoms with Gasteiger partial charge in [-0.1, -0.05) is 12.1 Å². The molecule has 0 aliphatic rings. The maximum absolute atomic E-state index is 12.2. The summed E-state index contributed by atoms with van der Waals surface area (Å²) in [6.45, 7) is 2.10. The number of benzene rings is 1. The highest BCUT2D eigenvalue weighted by molar-refractivity contribution is 5.95. The summed E-state index contributed by atoms with van der Waals surface area (Å²) in [6, 6.07) is 8.76. The van der Waals surface area contributed by atoms with Crippen LogP contribution in [0.25, 0.3) is 6.08 Å². The van der Waals surface area contributed by atoms with Crippen molar-refractivity contribution >= 4 is 18.0 Å². The lowest BCUT2D eigenvalue weighted by Gasteiger charge is -2.18. The quantitative estimate of drug-likeness (QED) is 0.831. The standard InChI is InChI=1S/C15H16N2O3/c1-11(9-16)10-17(2)15(20)13-5-3-4-12(8-13)6-7-14(18)19/h3-8,11H,10H2,1-2H3,(H,18,19). The summed E-state index contributed by atoms with van der Waals surface area (Å²) in [7, 11) is 1.63. The summed E-state index contributed by atoms with van der Waals surface area (Å²) in [5.41, 5.74) is 1.10. The molecule has 104 valence electrons. The molecule has 0 saturated heterocycles. The monoisotopic (exact) mass is 272 g/mol. The van der Waals surface area contributed by atoms with Crippen molar-refractivity contribution in [2.24, 2.45) is 5.92 Å². The third-order valence-corrected chi connectivity index (χ3v) is 2.67. The first kappa shape index (κ1) is 15.4. The number of carboxylic acids is 1. The van der Waals surface area contributed by atoms with Crippen LogP contribution in [0.1, 0.15) is 22.8 Å². The molecule has 5 heteroatoms. The van der Waals surface area contributed by atoms with Gasteiger partial charge in [-0.3, -0.25) is 4.79 Å². The summed E-state index contributed by atoms with van der Waals surface area (Å²) >= 11 is 0. The van der Waals surface area contributed by atoms with E-state index in [1.165, 1.54) is 11.0 Å². The van der Waals surface area contributed by atoms with Crippen molar-refractivity contribution in [1.29, 1.82) is 5.26 Å². The van der Waals surface area contributed by atoms with Crippen molar-refractivity contribution in [3.8, 4) is 6.07 Å². The van der Waals surface area contributed by atoms with E-state index in [2.05, 4.69) is 6.07 Å². The molecule has 0 fully saturated rings. The van der Waals surface area contributed by atoms with Crippen LogP contribution in [0.2, 0.25) is 0 Å². The molecule has 0 saturated carbocycles. The number of hydrogen-bond acceptors (Lipinski definition) is 3. The van der Waals surface area contributed by atoms with E-state index in [1.54, 1.807) is 38.2 Å². The molecular weight excluding hydrogens is 256 g/mol. The zero-order valence-corrected chi connectivity index (χ0v) is 11.4. The van der Waals surface area contributed by atoms with Crippen molar-refractivity contribution in [1.82, 2.24) is 4.90 Å². The fourth-order valence-electron chi connectivity index (χ4n) is 1.70. The van der Waals surface area contributed by atoms with Gasteiger partial charge in [-0.25, -0.2) is 4.79 Å². The molecule has 0 aliphatic heterocycles. The molecular formula is C15H16N2O3. The Morgan fingerprint density at radius 1 is 1.50 bits per heavy atom. The van der Waals surface area contributed by atoms with Crippen LogP contribution in [0.5, 0.6) is 0 Å². The first-order valence-electron chi connectivity index (χ1n) is 6.10. The predicted molar refractivity (Wildman–Crippen MR) is 74.8 cm³/mol. The molecule has 5 nitrogen and oxygen atoms in total. The van der Waals surface area contributed by atoms with Gasteiger partial charge in [-0.05, 0) is 30.7 Å². The second-order valence-corrected chi connectivity index (χ2v) is 4.51. The first-order chi connectivity index (χ1) is 9.43. The van der Waals surface area contributed by atoms with Crippen LogP contribution in [0, 0.1) is 17.2 Å². The zero-order valence-electron chi connectivity index (χ0n) is 11.4. The van der Waals surface area contributed by atoms with E-state index < -0.39 is 5.97 Å². The number of rotatable bonds is 5. The van der Waals surface area contributed by atoms with Crippen LogP contribution in [-0.4, -0.2) is 35.5 Å². The fraction of sp³-hybridized carbons (Fsp3) is 0.267. The Kier molecular flexibility index (Phi) is 5.48. The van der Waals surface area contributed by atoms with Crippen LogP contribution in [0.15, 0.2) is 30.3 Å². The fourth-order valence-corrected chi connectivity index (χ4v) is 1.70. The van der Waals surface area contributed by atoms with E-state index in [4.69, 9.17) is 10.4 Å². The number of carboxylic acid groups (broad SMARTS) is 1. The average Bonchev–Trinajstić information content (AvgIpc) is 2.44. The first-order valence-corrected chi connectivity index (χ1v) is 6.10. The van der Waals surface area contributed by atoms with Gasteiger partial charge in [-0.2, -0.15) is 5.26 Å². The van der Waals surface area contributed by atoms with Crippen molar-refractivity contribution in [2.45, 2.75) is 6.92 Å². The Morgan fingerprint density at radius 2 is 2.20 bits per heavy atom. The van der Waals surface area contributed by atoms with Crippen molar-refractivity contribution in [3.63, 3.8) is 0 Å². The molecule has 20 heavy (non-hydrogen) atoms. The lowest BCUT2D eigenvalue weighted by molar-refractivity contribution is -0.131. The highest BCUT2D eigenvalue weighted by atomic mass is 16.4. The lowest BCUT2D eigenvalue weighted by Crippen LogP contribution is -2.30. The van der Waals surface area contributed by atoms with Gasteiger partial charge in [0.2, 0.25) is 0 Å². The molecule has 0 aliphatic carbocycles. The molecule has 1 atom stereocenters. The van der Waals surface area contributed by atoms with E-state index in [9.17, 15) is 9.59 Å². The van der Waals surface area contributed by atoms with Gasteiger partial charge in [-0.15, -0.1) is 0 Å². The number of carbonyl (C=O) groups is 2. The minimum Gasteiger partial charge on any atom is -0.478 e. The van der Waals surface area contributed by atoms with E-state index >= 15 is 0 Å². The van der Waals surface area contributed by atoms with Gasteiger partial charge in [0.05, 0.1) is 12.0 Å². The molecule has 0 bridgehead atoms. The van der Waals surface area contributed by atoms with Crippen LogP contribution < -0.4 is 0 Å². The summed E-state index contributed by atoms with van der Waals surface area (Å²) in [5, 5.41) is 17.3. The maximum atomic E-state index is 12.2. The Balaban J connectivity index is 2.86. The molecule has 1 N–H and O–H groups in total. The van der Waals surface area contributed by atoms with Gasteiger partial charge >= 0.3 is 5.97 Å². The Morgan fingerprint density at radius 3 is 2.80 bits per heavy atom. The second kappa shape index (κ2) is 7.10. The minimum atomic E-state index is -1.04. The molecule has 1 aromatic rings. The zero-order chi connectivity index (χ0) is 15.1. The maximum Gasteiger partial charge on any atom is 0.328 e. The SMILES string of the molecule is CC(C#N)CN(C)C(=O)c1cccc(C=CC(=O)O)c1. The van der Waals surface area contributed by atoms with E-state index in [0.29, 0.717) is 17.7 Å². The van der Waals surface area contributed by atoms with Crippen molar-refractivity contribution in [2.75, 3.05) is 13.6 Å². The van der Waals surface area contributed by atoms with Crippen molar-refractivity contribution in [3.05, 3.63) is 41.5 Å². The summed E-state index contributed by atoms with van der Waals surface area (Å²) in [6.07, 6.45) is 2.45. The van der Waals surface area contributed by atoms with Gasteiger partial charge in [0.25, 0.3) is 5.91 Å². The number of nitrogens with zero attached hydrogens (tertiary/aromatic N) is 2. The number of nitriles is 1. The Labute approximate surface area is 117 Å². The van der Waals surface area contributed by atoms with Crippen molar-refractivity contribution < 1.29 is 14.7 Å². The molecule has 0 radical (unpaired) electrons. The predicted octanol–water partition coefficient (Wildman–Crippen LogP) is 2.02. The van der Waals surface area contributed by atoms with Crippen LogP contribution in [0.3, 0.4) is 0 Å². The highest BCUT2D eigenvalue weighted by Crippen LogP contribution is 2.10. The van der Waals surface area contributed by atoms with E-state index in [-0.39, 0.29) is 11.8 Å². The molecule has 1 unspecified atom stereocenters. The van der Waals surface area contributed by atoms with E-state index in [0.717, 1.165) is 6.08 Å². The van der Waals surface area contributed by atoms with Crippen LogP contribution >= 0.6 is 0 Å². The molecule has 1 amide bonds. The summed E-state index contributed by atoms with van der Waals surface area (Å²) < 4.78 is 0. The number of carbonyl (C=O) groups excluding carboxylic acids is 1. The number of hydrogen-bond donors (Lipinski definition) is 1. The molecule has 1 aromatic carbocycles. The lowest BCUT2D eigenvalue weighted by atomic mass is 10.1. The topological polar surface area (TPSA) is 81.4 Å². The Hall–Kier alpha value is -2.61. The third-order valence-electron chi connectivity index (χ3n) is 2.67. The largest absolute Gasteiger partial charge is 0.478 e. The highest BCUT2D eigenvalue weighted by Gasteiger charge is 2.14.